The number of phenolic OH excluding ortho intramolecular Hbond substituents is 1. The average molecular weight is 253 g/mol. The Hall–Kier alpha value is -1.13. The average Bonchev–Trinajstić information content (AvgIpc) is 2.75. The Balaban J connectivity index is 1.81. The molecule has 0 saturated carbocycles. The Labute approximate surface area is 107 Å². The quantitative estimate of drug-likeness (QED) is 0.847. The summed E-state index contributed by atoms with van der Waals surface area (Å²) in [5, 5.41) is 12.6. The Bertz CT molecular complexity index is 377. The van der Waals surface area contributed by atoms with Gasteiger partial charge in [0.05, 0.1) is 6.10 Å². The van der Waals surface area contributed by atoms with E-state index in [4.69, 9.17) is 4.74 Å². The first-order chi connectivity index (χ1) is 8.69. The number of hydrogen-bond donors (Lipinski definition) is 2. The van der Waals surface area contributed by atoms with E-state index in [2.05, 4.69) is 12.2 Å². The first-order valence-electron chi connectivity index (χ1n) is 6.49. The Morgan fingerprint density at radius 2 is 2.28 bits per heavy atom. The number of ether oxygens (including phenoxy) is 1. The monoisotopic (exact) mass is 253 g/mol. The molecule has 0 aliphatic carbocycles. The Kier molecular flexibility index (Phi) is 4.55. The lowest BCUT2D eigenvalue weighted by Gasteiger charge is -2.17. The zero-order chi connectivity index (χ0) is 13.0. The highest BCUT2D eigenvalue weighted by Gasteiger charge is 2.25. The van der Waals surface area contributed by atoms with E-state index < -0.39 is 5.82 Å². The van der Waals surface area contributed by atoms with Gasteiger partial charge in [-0.1, -0.05) is 6.92 Å². The van der Waals surface area contributed by atoms with Gasteiger partial charge in [0.2, 0.25) is 0 Å². The van der Waals surface area contributed by atoms with Crippen LogP contribution in [-0.2, 0) is 11.3 Å². The van der Waals surface area contributed by atoms with Crippen molar-refractivity contribution in [3.05, 3.63) is 29.6 Å². The maximum Gasteiger partial charge on any atom is 0.127 e. The fraction of sp³-hybridized carbons (Fsp3) is 0.571. The Morgan fingerprint density at radius 3 is 3.00 bits per heavy atom. The summed E-state index contributed by atoms with van der Waals surface area (Å²) in [6, 6.07) is 4.13. The van der Waals surface area contributed by atoms with E-state index in [0.717, 1.165) is 37.6 Å². The summed E-state index contributed by atoms with van der Waals surface area (Å²) in [5.74, 6) is 0.113. The summed E-state index contributed by atoms with van der Waals surface area (Å²) in [4.78, 5) is 0. The highest BCUT2D eigenvalue weighted by atomic mass is 19.1. The summed E-state index contributed by atoms with van der Waals surface area (Å²) in [7, 11) is 0. The molecule has 0 bridgehead atoms. The van der Waals surface area contributed by atoms with Crippen molar-refractivity contribution >= 4 is 0 Å². The molecule has 4 heteroatoms. The van der Waals surface area contributed by atoms with Crippen LogP contribution in [-0.4, -0.2) is 24.4 Å². The van der Waals surface area contributed by atoms with Crippen molar-refractivity contribution in [2.75, 3.05) is 13.2 Å². The second-order valence-electron chi connectivity index (χ2n) is 4.81. The molecule has 1 fully saturated rings. The molecule has 2 rings (SSSR count). The van der Waals surface area contributed by atoms with Crippen LogP contribution < -0.4 is 5.32 Å². The van der Waals surface area contributed by atoms with Crippen LogP contribution in [0.2, 0.25) is 0 Å². The third kappa shape index (κ3) is 3.43. The minimum atomic E-state index is -0.401. The van der Waals surface area contributed by atoms with Gasteiger partial charge in [-0.05, 0) is 36.5 Å². The zero-order valence-corrected chi connectivity index (χ0v) is 10.7. The number of benzene rings is 1. The summed E-state index contributed by atoms with van der Waals surface area (Å²) < 4.78 is 18.7. The summed E-state index contributed by atoms with van der Waals surface area (Å²) in [6.07, 6.45) is 2.46. The van der Waals surface area contributed by atoms with Crippen LogP contribution in [0.25, 0.3) is 0 Å². The lowest BCUT2D eigenvalue weighted by atomic mass is 9.99. The van der Waals surface area contributed by atoms with Gasteiger partial charge in [0.25, 0.3) is 0 Å². The number of phenols is 1. The van der Waals surface area contributed by atoms with Gasteiger partial charge in [-0.2, -0.15) is 0 Å². The molecule has 2 atom stereocenters. The molecule has 100 valence electrons. The molecule has 2 N–H and O–H groups in total. The van der Waals surface area contributed by atoms with Gasteiger partial charge in [-0.25, -0.2) is 4.39 Å². The van der Waals surface area contributed by atoms with E-state index in [1.807, 2.05) is 0 Å². The fourth-order valence-electron chi connectivity index (χ4n) is 2.51. The first kappa shape index (κ1) is 13.3. The lowest BCUT2D eigenvalue weighted by molar-refractivity contribution is 0.0872. The molecule has 18 heavy (non-hydrogen) atoms. The number of nitrogens with one attached hydrogen (secondary N) is 1. The fourth-order valence-corrected chi connectivity index (χ4v) is 2.51. The third-order valence-corrected chi connectivity index (χ3v) is 3.43. The van der Waals surface area contributed by atoms with Crippen molar-refractivity contribution < 1.29 is 14.2 Å². The van der Waals surface area contributed by atoms with Gasteiger partial charge >= 0.3 is 0 Å². The molecular formula is C14H20FNO2. The molecule has 1 aromatic rings. The minimum Gasteiger partial charge on any atom is -0.508 e. The molecule has 0 aromatic heterocycles. The van der Waals surface area contributed by atoms with Crippen molar-refractivity contribution in [1.29, 1.82) is 0 Å². The van der Waals surface area contributed by atoms with Crippen molar-refractivity contribution in [2.45, 2.75) is 32.4 Å². The van der Waals surface area contributed by atoms with E-state index in [1.54, 1.807) is 6.07 Å². The lowest BCUT2D eigenvalue weighted by Crippen LogP contribution is -2.27. The first-order valence-corrected chi connectivity index (χ1v) is 6.49. The molecule has 1 aromatic carbocycles. The van der Waals surface area contributed by atoms with Crippen LogP contribution in [0.5, 0.6) is 5.75 Å². The highest BCUT2D eigenvalue weighted by molar-refractivity contribution is 5.28. The predicted molar refractivity (Wildman–Crippen MR) is 67.9 cm³/mol. The van der Waals surface area contributed by atoms with Crippen LogP contribution in [0.15, 0.2) is 18.2 Å². The van der Waals surface area contributed by atoms with Gasteiger partial charge in [0.15, 0.2) is 0 Å². The summed E-state index contributed by atoms with van der Waals surface area (Å²) >= 11 is 0. The molecule has 1 aliphatic rings. The Morgan fingerprint density at radius 1 is 1.44 bits per heavy atom. The minimum absolute atomic E-state index is 0.0255. The van der Waals surface area contributed by atoms with E-state index in [1.165, 1.54) is 6.07 Å². The molecule has 3 nitrogen and oxygen atoms in total. The SMILES string of the molecule is CCC1OCCC1CNCc1cc(O)cc(F)c1. The van der Waals surface area contributed by atoms with E-state index >= 15 is 0 Å². The van der Waals surface area contributed by atoms with Gasteiger partial charge in [-0.15, -0.1) is 0 Å². The molecule has 0 amide bonds. The molecular weight excluding hydrogens is 233 g/mol. The number of hydrogen-bond acceptors (Lipinski definition) is 3. The normalized spacial score (nSPS) is 23.4. The van der Waals surface area contributed by atoms with Crippen molar-refractivity contribution in [3.8, 4) is 5.75 Å². The zero-order valence-electron chi connectivity index (χ0n) is 10.7. The summed E-state index contributed by atoms with van der Waals surface area (Å²) in [5.41, 5.74) is 0.763. The molecule has 1 aliphatic heterocycles. The van der Waals surface area contributed by atoms with E-state index in [9.17, 15) is 9.50 Å². The number of halogens is 1. The standard InChI is InChI=1S/C14H20FNO2/c1-2-14-11(3-4-18-14)9-16-8-10-5-12(15)7-13(17)6-10/h5-7,11,14,16-17H,2-4,8-9H2,1H3. The second-order valence-corrected chi connectivity index (χ2v) is 4.81. The van der Waals surface area contributed by atoms with E-state index in [-0.39, 0.29) is 5.75 Å². The van der Waals surface area contributed by atoms with Crippen LogP contribution in [0.4, 0.5) is 4.39 Å². The third-order valence-electron chi connectivity index (χ3n) is 3.43. The molecule has 0 radical (unpaired) electrons. The maximum atomic E-state index is 13.1. The number of rotatable bonds is 5. The van der Waals surface area contributed by atoms with Gasteiger partial charge in [-0.3, -0.25) is 0 Å². The largest absolute Gasteiger partial charge is 0.508 e. The van der Waals surface area contributed by atoms with Crippen LogP contribution in [0, 0.1) is 11.7 Å². The topological polar surface area (TPSA) is 41.5 Å². The van der Waals surface area contributed by atoms with Crippen LogP contribution in [0.1, 0.15) is 25.3 Å². The highest BCUT2D eigenvalue weighted by Crippen LogP contribution is 2.22. The summed E-state index contributed by atoms with van der Waals surface area (Å²) in [6.45, 7) is 4.41. The molecule has 2 unspecified atom stereocenters. The molecule has 1 saturated heterocycles. The van der Waals surface area contributed by atoms with Gasteiger partial charge in [0.1, 0.15) is 11.6 Å². The van der Waals surface area contributed by atoms with Gasteiger partial charge < -0.3 is 15.2 Å². The number of aromatic hydroxyl groups is 1. The predicted octanol–water partition coefficient (Wildman–Crippen LogP) is 2.44. The van der Waals surface area contributed by atoms with Crippen LogP contribution >= 0.6 is 0 Å². The van der Waals surface area contributed by atoms with Gasteiger partial charge in [0, 0.05) is 25.8 Å². The second kappa shape index (κ2) is 6.16. The van der Waals surface area contributed by atoms with Crippen molar-refractivity contribution in [3.63, 3.8) is 0 Å². The maximum absolute atomic E-state index is 13.1. The van der Waals surface area contributed by atoms with Crippen molar-refractivity contribution in [1.82, 2.24) is 5.32 Å². The van der Waals surface area contributed by atoms with Crippen molar-refractivity contribution in [2.24, 2.45) is 5.92 Å². The molecule has 0 spiro atoms. The van der Waals surface area contributed by atoms with Crippen LogP contribution in [0.3, 0.4) is 0 Å². The molecule has 1 heterocycles. The van der Waals surface area contributed by atoms with E-state index in [0.29, 0.717) is 18.6 Å². The smallest absolute Gasteiger partial charge is 0.127 e.